The maximum atomic E-state index is 11.3. The summed E-state index contributed by atoms with van der Waals surface area (Å²) in [5.41, 5.74) is 0.137. The second-order valence-electron chi connectivity index (χ2n) is 3.75. The maximum Gasteiger partial charge on any atom is 0.319 e. The molecule has 4 heteroatoms. The minimum Gasteiger partial charge on any atom is -0.336 e. The van der Waals surface area contributed by atoms with Gasteiger partial charge in [0.2, 0.25) is 0 Å². The van der Waals surface area contributed by atoms with E-state index in [1.165, 1.54) is 0 Å². The molecule has 0 aromatic rings. The molecule has 0 saturated heterocycles. The van der Waals surface area contributed by atoms with Gasteiger partial charge in [-0.25, -0.2) is 4.79 Å². The topological polar surface area (TPSA) is 58.2 Å². The first-order valence-corrected chi connectivity index (χ1v) is 4.65. The van der Waals surface area contributed by atoms with E-state index in [4.69, 9.17) is 0 Å². The summed E-state index contributed by atoms with van der Waals surface area (Å²) < 4.78 is 0. The summed E-state index contributed by atoms with van der Waals surface area (Å²) in [5.74, 6) is -0.300. The fourth-order valence-corrected chi connectivity index (χ4v) is 0.845. The van der Waals surface area contributed by atoms with Crippen molar-refractivity contribution in [3.8, 4) is 0 Å². The van der Waals surface area contributed by atoms with Crippen molar-refractivity contribution in [2.75, 3.05) is 0 Å². The van der Waals surface area contributed by atoms with E-state index in [1.54, 1.807) is 13.8 Å². The molecule has 0 aliphatic rings. The second-order valence-corrected chi connectivity index (χ2v) is 3.75. The zero-order chi connectivity index (χ0) is 11.3. The number of allylic oxidation sites excluding steroid dienone is 1. The molecule has 0 spiro atoms. The Hall–Kier alpha value is -1.32. The lowest BCUT2D eigenvalue weighted by molar-refractivity contribution is -0.118. The molecule has 0 bridgehead atoms. The number of carbonyl (C=O) groups excluding carboxylic acids is 2. The third kappa shape index (κ3) is 4.64. The van der Waals surface area contributed by atoms with Crippen molar-refractivity contribution in [1.82, 2.24) is 10.6 Å². The van der Waals surface area contributed by atoms with Gasteiger partial charge >= 0.3 is 6.03 Å². The zero-order valence-corrected chi connectivity index (χ0v) is 9.18. The summed E-state index contributed by atoms with van der Waals surface area (Å²) in [7, 11) is 0. The molecular formula is C10H18N2O2. The molecule has 0 aliphatic heterocycles. The molecule has 0 atom stereocenters. The van der Waals surface area contributed by atoms with E-state index in [0.29, 0.717) is 0 Å². The smallest absolute Gasteiger partial charge is 0.319 e. The Kier molecular flexibility index (Phi) is 4.91. The highest BCUT2D eigenvalue weighted by Gasteiger charge is 2.13. The van der Waals surface area contributed by atoms with Gasteiger partial charge in [0.1, 0.15) is 0 Å². The molecule has 0 radical (unpaired) electrons. The van der Waals surface area contributed by atoms with Crippen LogP contribution in [0.15, 0.2) is 12.3 Å². The number of hydrogen-bond acceptors (Lipinski definition) is 2. The van der Waals surface area contributed by atoms with Gasteiger partial charge in [0.05, 0.1) is 5.70 Å². The number of hydrogen-bond donors (Lipinski definition) is 2. The standard InChI is InChI=1S/C10H18N2O2/c1-6(2)9(13)8(5)12-10(14)11-7(3)4/h6-7H,5H2,1-4H3,(H2,11,12,14). The van der Waals surface area contributed by atoms with E-state index in [1.807, 2.05) is 13.8 Å². The number of rotatable bonds is 4. The number of ketones is 1. The molecule has 14 heavy (non-hydrogen) atoms. The molecule has 0 unspecified atom stereocenters. The molecular weight excluding hydrogens is 180 g/mol. The Labute approximate surface area is 84.8 Å². The molecule has 0 fully saturated rings. The molecule has 0 rings (SSSR count). The van der Waals surface area contributed by atoms with Gasteiger partial charge in [0.25, 0.3) is 0 Å². The fraction of sp³-hybridized carbons (Fsp3) is 0.600. The van der Waals surface area contributed by atoms with Crippen molar-refractivity contribution in [2.45, 2.75) is 33.7 Å². The van der Waals surface area contributed by atoms with E-state index in [9.17, 15) is 9.59 Å². The first-order chi connectivity index (χ1) is 6.34. The average molecular weight is 198 g/mol. The van der Waals surface area contributed by atoms with Crippen molar-refractivity contribution in [1.29, 1.82) is 0 Å². The van der Waals surface area contributed by atoms with Crippen LogP contribution in [0.5, 0.6) is 0 Å². The molecule has 0 saturated carbocycles. The van der Waals surface area contributed by atoms with Gasteiger partial charge in [-0.2, -0.15) is 0 Å². The van der Waals surface area contributed by atoms with Gasteiger partial charge in [0, 0.05) is 12.0 Å². The predicted molar refractivity (Wildman–Crippen MR) is 55.8 cm³/mol. The van der Waals surface area contributed by atoms with E-state index < -0.39 is 0 Å². The van der Waals surface area contributed by atoms with E-state index in [-0.39, 0.29) is 29.5 Å². The third-order valence-electron chi connectivity index (χ3n) is 1.51. The number of carbonyl (C=O) groups is 2. The molecule has 2 N–H and O–H groups in total. The lowest BCUT2D eigenvalue weighted by Gasteiger charge is -2.12. The van der Waals surface area contributed by atoms with Crippen LogP contribution in [0.4, 0.5) is 4.79 Å². The van der Waals surface area contributed by atoms with Crippen LogP contribution in [0.1, 0.15) is 27.7 Å². The van der Waals surface area contributed by atoms with Gasteiger partial charge in [-0.15, -0.1) is 0 Å². The third-order valence-corrected chi connectivity index (χ3v) is 1.51. The maximum absolute atomic E-state index is 11.3. The first-order valence-electron chi connectivity index (χ1n) is 4.65. The van der Waals surface area contributed by atoms with E-state index >= 15 is 0 Å². The lowest BCUT2D eigenvalue weighted by atomic mass is 10.1. The van der Waals surface area contributed by atoms with Crippen LogP contribution in [-0.4, -0.2) is 17.9 Å². The zero-order valence-electron chi connectivity index (χ0n) is 9.18. The molecule has 80 valence electrons. The van der Waals surface area contributed by atoms with Crippen LogP contribution in [0.3, 0.4) is 0 Å². The Morgan fingerprint density at radius 2 is 1.64 bits per heavy atom. The van der Waals surface area contributed by atoms with Crippen molar-refractivity contribution in [2.24, 2.45) is 5.92 Å². The van der Waals surface area contributed by atoms with Gasteiger partial charge < -0.3 is 10.6 Å². The molecule has 2 amide bonds. The van der Waals surface area contributed by atoms with Crippen molar-refractivity contribution in [3.05, 3.63) is 12.3 Å². The summed E-state index contributed by atoms with van der Waals surface area (Å²) in [6.45, 7) is 10.7. The van der Waals surface area contributed by atoms with E-state index in [0.717, 1.165) is 0 Å². The SMILES string of the molecule is C=C(NC(=O)NC(C)C)C(=O)C(C)C. The van der Waals surface area contributed by atoms with Crippen molar-refractivity contribution >= 4 is 11.8 Å². The summed E-state index contributed by atoms with van der Waals surface area (Å²) in [5, 5.41) is 5.00. The molecule has 0 aromatic heterocycles. The van der Waals surface area contributed by atoms with Crippen LogP contribution in [0.2, 0.25) is 0 Å². The van der Waals surface area contributed by atoms with Gasteiger partial charge in [0.15, 0.2) is 5.78 Å². The van der Waals surface area contributed by atoms with Crippen LogP contribution in [0, 0.1) is 5.92 Å². The monoisotopic (exact) mass is 198 g/mol. The molecule has 0 aromatic carbocycles. The quantitative estimate of drug-likeness (QED) is 0.671. The summed E-state index contributed by atoms with van der Waals surface area (Å²) in [4.78, 5) is 22.5. The summed E-state index contributed by atoms with van der Waals surface area (Å²) in [6.07, 6.45) is 0. The number of amides is 2. The number of urea groups is 1. The van der Waals surface area contributed by atoms with Gasteiger partial charge in [-0.05, 0) is 13.8 Å². The Morgan fingerprint density at radius 3 is 2.00 bits per heavy atom. The van der Waals surface area contributed by atoms with Gasteiger partial charge in [-0.3, -0.25) is 4.79 Å². The fourth-order valence-electron chi connectivity index (χ4n) is 0.845. The summed E-state index contributed by atoms with van der Waals surface area (Å²) in [6, 6.07) is -0.351. The highest BCUT2D eigenvalue weighted by Crippen LogP contribution is 2.00. The minimum atomic E-state index is -0.390. The first kappa shape index (κ1) is 12.7. The average Bonchev–Trinajstić information content (AvgIpc) is 2.00. The number of Topliss-reactive ketones (excluding diaryl/α,β-unsaturated/α-hetero) is 1. The Bertz CT molecular complexity index is 245. The normalized spacial score (nSPS) is 10.1. The minimum absolute atomic E-state index is 0.0388. The van der Waals surface area contributed by atoms with Gasteiger partial charge in [-0.1, -0.05) is 20.4 Å². The summed E-state index contributed by atoms with van der Waals surface area (Å²) >= 11 is 0. The largest absolute Gasteiger partial charge is 0.336 e. The predicted octanol–water partition coefficient (Wildman–Crippen LogP) is 1.43. The lowest BCUT2D eigenvalue weighted by Crippen LogP contribution is -2.40. The number of nitrogens with one attached hydrogen (secondary N) is 2. The van der Waals surface area contributed by atoms with Crippen molar-refractivity contribution < 1.29 is 9.59 Å². The molecule has 0 aliphatic carbocycles. The van der Waals surface area contributed by atoms with Crippen molar-refractivity contribution in [3.63, 3.8) is 0 Å². The van der Waals surface area contributed by atoms with Crippen LogP contribution < -0.4 is 10.6 Å². The van der Waals surface area contributed by atoms with Crippen LogP contribution >= 0.6 is 0 Å². The van der Waals surface area contributed by atoms with E-state index in [2.05, 4.69) is 17.2 Å². The van der Waals surface area contributed by atoms with Crippen LogP contribution in [0.25, 0.3) is 0 Å². The molecule has 4 nitrogen and oxygen atoms in total. The Morgan fingerprint density at radius 1 is 1.14 bits per heavy atom. The van der Waals surface area contributed by atoms with Crippen LogP contribution in [-0.2, 0) is 4.79 Å². The second kappa shape index (κ2) is 5.42. The molecule has 0 heterocycles. The highest BCUT2D eigenvalue weighted by atomic mass is 16.2. The Balaban J connectivity index is 4.07. The highest BCUT2D eigenvalue weighted by molar-refractivity contribution is 5.99.